The summed E-state index contributed by atoms with van der Waals surface area (Å²) in [6, 6.07) is 14.5. The van der Waals surface area contributed by atoms with E-state index in [4.69, 9.17) is 4.74 Å². The van der Waals surface area contributed by atoms with Crippen molar-refractivity contribution in [3.63, 3.8) is 0 Å². The average molecular weight is 355 g/mol. The molecule has 0 atom stereocenters. The molecular weight excluding hydrogens is 330 g/mol. The largest absolute Gasteiger partial charge is 0.494 e. The Labute approximate surface area is 153 Å². The number of carbonyl (C=O) groups excluding carboxylic acids is 2. The van der Waals surface area contributed by atoms with E-state index in [1.54, 1.807) is 31.2 Å². The van der Waals surface area contributed by atoms with Crippen molar-refractivity contribution in [2.24, 2.45) is 0 Å². The summed E-state index contributed by atoms with van der Waals surface area (Å²) in [6.45, 7) is 4.66. The number of nitrogens with one attached hydrogen (secondary N) is 3. The molecule has 6 nitrogen and oxygen atoms in total. The number of ether oxygens (including phenoxy) is 1. The van der Waals surface area contributed by atoms with E-state index in [2.05, 4.69) is 22.9 Å². The molecule has 3 N–H and O–H groups in total. The van der Waals surface area contributed by atoms with Crippen LogP contribution >= 0.6 is 0 Å². The van der Waals surface area contributed by atoms with Crippen molar-refractivity contribution in [3.05, 3.63) is 48.5 Å². The van der Waals surface area contributed by atoms with Crippen LogP contribution in [0.3, 0.4) is 0 Å². The number of amides is 2. The van der Waals surface area contributed by atoms with Crippen molar-refractivity contribution in [1.82, 2.24) is 0 Å². The Kier molecular flexibility index (Phi) is 7.49. The molecule has 138 valence electrons. The van der Waals surface area contributed by atoms with Crippen molar-refractivity contribution < 1.29 is 14.3 Å². The highest BCUT2D eigenvalue weighted by Crippen LogP contribution is 2.18. The van der Waals surface area contributed by atoms with Gasteiger partial charge in [0.2, 0.25) is 11.8 Å². The zero-order chi connectivity index (χ0) is 18.8. The monoisotopic (exact) mass is 355 g/mol. The van der Waals surface area contributed by atoms with E-state index in [1.807, 2.05) is 24.3 Å². The third-order valence-electron chi connectivity index (χ3n) is 3.53. The third-order valence-corrected chi connectivity index (χ3v) is 3.53. The Hall–Kier alpha value is -3.02. The van der Waals surface area contributed by atoms with Gasteiger partial charge in [-0.2, -0.15) is 0 Å². The average Bonchev–Trinajstić information content (AvgIpc) is 2.66. The summed E-state index contributed by atoms with van der Waals surface area (Å²) in [6.07, 6.45) is 1.37. The Morgan fingerprint density at radius 2 is 1.54 bits per heavy atom. The van der Waals surface area contributed by atoms with E-state index < -0.39 is 0 Å². The lowest BCUT2D eigenvalue weighted by Crippen LogP contribution is -2.21. The molecule has 0 bridgehead atoms. The highest BCUT2D eigenvalue weighted by molar-refractivity contribution is 5.94. The molecule has 0 heterocycles. The van der Waals surface area contributed by atoms with Crippen LogP contribution < -0.4 is 20.7 Å². The van der Waals surface area contributed by atoms with Crippen LogP contribution in [0, 0.1) is 0 Å². The van der Waals surface area contributed by atoms with Crippen LogP contribution in [0.2, 0.25) is 0 Å². The van der Waals surface area contributed by atoms with Crippen molar-refractivity contribution in [2.45, 2.75) is 26.7 Å². The summed E-state index contributed by atoms with van der Waals surface area (Å²) in [5.74, 6) is 0.577. The van der Waals surface area contributed by atoms with Gasteiger partial charge in [-0.05, 0) is 42.8 Å². The second-order valence-corrected chi connectivity index (χ2v) is 5.76. The standard InChI is InChI=1S/C20H25N3O3/c1-3-12-26-18-7-5-6-17(13-18)21-14-20(25)23-16-10-8-15(9-11-16)22-19(24)4-2/h5-11,13,21H,3-4,12,14H2,1-2H3,(H,22,24)(H,23,25). The Morgan fingerprint density at radius 3 is 2.15 bits per heavy atom. The van der Waals surface area contributed by atoms with E-state index in [9.17, 15) is 9.59 Å². The van der Waals surface area contributed by atoms with Gasteiger partial charge in [0.25, 0.3) is 0 Å². The minimum Gasteiger partial charge on any atom is -0.494 e. The first-order chi connectivity index (χ1) is 12.6. The molecule has 2 aromatic rings. The van der Waals surface area contributed by atoms with E-state index in [0.29, 0.717) is 24.4 Å². The maximum absolute atomic E-state index is 12.1. The van der Waals surface area contributed by atoms with Gasteiger partial charge in [0.1, 0.15) is 5.75 Å². The minimum absolute atomic E-state index is 0.0452. The third kappa shape index (κ3) is 6.47. The second-order valence-electron chi connectivity index (χ2n) is 5.76. The molecular formula is C20H25N3O3. The topological polar surface area (TPSA) is 79.5 Å². The molecule has 0 unspecified atom stereocenters. The Bertz CT molecular complexity index is 729. The van der Waals surface area contributed by atoms with E-state index in [1.165, 1.54) is 0 Å². The molecule has 0 aliphatic carbocycles. The van der Waals surface area contributed by atoms with Gasteiger partial charge >= 0.3 is 0 Å². The number of benzene rings is 2. The van der Waals surface area contributed by atoms with Crippen LogP contribution in [-0.4, -0.2) is 25.0 Å². The summed E-state index contributed by atoms with van der Waals surface area (Å²) < 4.78 is 5.57. The Balaban J connectivity index is 1.82. The highest BCUT2D eigenvalue weighted by Gasteiger charge is 2.04. The quantitative estimate of drug-likeness (QED) is 0.638. The lowest BCUT2D eigenvalue weighted by atomic mass is 10.2. The van der Waals surface area contributed by atoms with Gasteiger partial charge in [-0.25, -0.2) is 0 Å². The smallest absolute Gasteiger partial charge is 0.243 e. The van der Waals surface area contributed by atoms with Gasteiger partial charge in [0.15, 0.2) is 0 Å². The Morgan fingerprint density at radius 1 is 0.885 bits per heavy atom. The summed E-state index contributed by atoms with van der Waals surface area (Å²) in [5, 5.41) is 8.65. The number of rotatable bonds is 9. The SMILES string of the molecule is CCCOc1cccc(NCC(=O)Nc2ccc(NC(=O)CC)cc2)c1. The number of carbonyl (C=O) groups is 2. The second kappa shape index (κ2) is 10.1. The molecule has 0 fully saturated rings. The summed E-state index contributed by atoms with van der Waals surface area (Å²) in [5.41, 5.74) is 2.20. The van der Waals surface area contributed by atoms with Gasteiger partial charge in [0, 0.05) is 29.5 Å². The fraction of sp³-hybridized carbons (Fsp3) is 0.300. The molecule has 0 aliphatic rings. The first-order valence-corrected chi connectivity index (χ1v) is 8.77. The molecule has 6 heteroatoms. The molecule has 0 saturated carbocycles. The normalized spacial score (nSPS) is 10.1. The molecule has 0 saturated heterocycles. The zero-order valence-electron chi connectivity index (χ0n) is 15.2. The van der Waals surface area contributed by atoms with Crippen LogP contribution in [0.4, 0.5) is 17.1 Å². The summed E-state index contributed by atoms with van der Waals surface area (Å²) >= 11 is 0. The first kappa shape index (κ1) is 19.3. The fourth-order valence-corrected chi connectivity index (χ4v) is 2.19. The zero-order valence-corrected chi connectivity index (χ0v) is 15.2. The van der Waals surface area contributed by atoms with Crippen LogP contribution in [0.15, 0.2) is 48.5 Å². The lowest BCUT2D eigenvalue weighted by Gasteiger charge is -2.10. The molecule has 0 aromatic heterocycles. The molecule has 2 aromatic carbocycles. The number of anilines is 3. The molecule has 2 rings (SSSR count). The minimum atomic E-state index is -0.157. The molecule has 0 spiro atoms. The predicted molar refractivity (Wildman–Crippen MR) is 105 cm³/mol. The van der Waals surface area contributed by atoms with E-state index in [-0.39, 0.29) is 18.4 Å². The van der Waals surface area contributed by atoms with E-state index >= 15 is 0 Å². The van der Waals surface area contributed by atoms with Gasteiger partial charge in [-0.15, -0.1) is 0 Å². The van der Waals surface area contributed by atoms with Gasteiger partial charge in [-0.1, -0.05) is 19.9 Å². The van der Waals surface area contributed by atoms with Gasteiger partial charge in [0.05, 0.1) is 13.2 Å². The number of hydrogen-bond donors (Lipinski definition) is 3. The van der Waals surface area contributed by atoms with Crippen LogP contribution in [0.25, 0.3) is 0 Å². The maximum Gasteiger partial charge on any atom is 0.243 e. The van der Waals surface area contributed by atoms with Crippen LogP contribution in [-0.2, 0) is 9.59 Å². The molecule has 26 heavy (non-hydrogen) atoms. The highest BCUT2D eigenvalue weighted by atomic mass is 16.5. The van der Waals surface area contributed by atoms with Crippen molar-refractivity contribution in [3.8, 4) is 5.75 Å². The lowest BCUT2D eigenvalue weighted by molar-refractivity contribution is -0.116. The first-order valence-electron chi connectivity index (χ1n) is 8.77. The maximum atomic E-state index is 12.1. The van der Waals surface area contributed by atoms with Crippen molar-refractivity contribution in [2.75, 3.05) is 29.1 Å². The fourth-order valence-electron chi connectivity index (χ4n) is 2.19. The molecule has 0 aliphatic heterocycles. The van der Waals surface area contributed by atoms with Crippen LogP contribution in [0.1, 0.15) is 26.7 Å². The summed E-state index contributed by atoms with van der Waals surface area (Å²) in [4.78, 5) is 23.4. The predicted octanol–water partition coefficient (Wildman–Crippen LogP) is 3.87. The van der Waals surface area contributed by atoms with E-state index in [0.717, 1.165) is 17.9 Å². The molecule has 2 amide bonds. The summed E-state index contributed by atoms with van der Waals surface area (Å²) in [7, 11) is 0. The number of hydrogen-bond acceptors (Lipinski definition) is 4. The van der Waals surface area contributed by atoms with Gasteiger partial charge < -0.3 is 20.7 Å². The van der Waals surface area contributed by atoms with Crippen molar-refractivity contribution >= 4 is 28.9 Å². The van der Waals surface area contributed by atoms with Crippen LogP contribution in [0.5, 0.6) is 5.75 Å². The van der Waals surface area contributed by atoms with Crippen molar-refractivity contribution in [1.29, 1.82) is 0 Å². The molecule has 0 radical (unpaired) electrons. The van der Waals surface area contributed by atoms with Gasteiger partial charge in [-0.3, -0.25) is 9.59 Å².